The molecule has 1 aliphatic heterocycles. The minimum absolute atomic E-state index is 0.0778. The third kappa shape index (κ3) is 4.36. The standard InChI is InChI=1S/C8H19N3O2S/c1-2-10-14(12,13)11-8-4-3-6-9-7-5-8/h8-11H,2-7H2,1H3. The molecular weight excluding hydrogens is 202 g/mol. The second-order valence-corrected chi connectivity index (χ2v) is 5.03. The average Bonchev–Trinajstić information content (AvgIpc) is 2.31. The fraction of sp³-hybridized carbons (Fsp3) is 1.00. The zero-order valence-corrected chi connectivity index (χ0v) is 9.36. The highest BCUT2D eigenvalue weighted by molar-refractivity contribution is 7.87. The van der Waals surface area contributed by atoms with Gasteiger partial charge in [-0.3, -0.25) is 0 Å². The summed E-state index contributed by atoms with van der Waals surface area (Å²) in [5, 5.41) is 3.24. The predicted octanol–water partition coefficient (Wildman–Crippen LogP) is -0.428. The van der Waals surface area contributed by atoms with Crippen LogP contribution in [0.1, 0.15) is 26.2 Å². The van der Waals surface area contributed by atoms with Crippen molar-refractivity contribution in [1.29, 1.82) is 0 Å². The van der Waals surface area contributed by atoms with E-state index in [1.165, 1.54) is 0 Å². The maximum absolute atomic E-state index is 11.4. The van der Waals surface area contributed by atoms with Gasteiger partial charge in [0.15, 0.2) is 0 Å². The fourth-order valence-electron chi connectivity index (χ4n) is 1.59. The summed E-state index contributed by atoms with van der Waals surface area (Å²) in [6.07, 6.45) is 2.81. The van der Waals surface area contributed by atoms with Crippen LogP contribution in [0.5, 0.6) is 0 Å². The molecule has 0 amide bonds. The first-order valence-electron chi connectivity index (χ1n) is 5.11. The first kappa shape index (κ1) is 11.9. The van der Waals surface area contributed by atoms with Crippen LogP contribution in [0, 0.1) is 0 Å². The molecule has 84 valence electrons. The van der Waals surface area contributed by atoms with Gasteiger partial charge in [0, 0.05) is 12.6 Å². The van der Waals surface area contributed by atoms with E-state index in [0.717, 1.165) is 32.4 Å². The first-order valence-corrected chi connectivity index (χ1v) is 6.60. The van der Waals surface area contributed by atoms with Crippen LogP contribution in [0.3, 0.4) is 0 Å². The third-order valence-corrected chi connectivity index (χ3v) is 3.54. The SMILES string of the molecule is CCNS(=O)(=O)NC1CCCNCC1. The van der Waals surface area contributed by atoms with Crippen LogP contribution >= 0.6 is 0 Å². The van der Waals surface area contributed by atoms with Gasteiger partial charge in [-0.05, 0) is 32.4 Å². The summed E-state index contributed by atoms with van der Waals surface area (Å²) < 4.78 is 27.8. The Morgan fingerprint density at radius 1 is 1.36 bits per heavy atom. The highest BCUT2D eigenvalue weighted by atomic mass is 32.2. The number of hydrogen-bond acceptors (Lipinski definition) is 3. The van der Waals surface area contributed by atoms with Crippen molar-refractivity contribution in [2.24, 2.45) is 0 Å². The minimum atomic E-state index is -3.28. The number of hydrogen-bond donors (Lipinski definition) is 3. The van der Waals surface area contributed by atoms with Crippen LogP contribution in [-0.4, -0.2) is 34.1 Å². The molecule has 5 nitrogen and oxygen atoms in total. The summed E-state index contributed by atoms with van der Waals surface area (Å²) >= 11 is 0. The summed E-state index contributed by atoms with van der Waals surface area (Å²) in [5.74, 6) is 0. The van der Waals surface area contributed by atoms with Gasteiger partial charge in [-0.15, -0.1) is 0 Å². The van der Waals surface area contributed by atoms with Gasteiger partial charge in [0.2, 0.25) is 0 Å². The number of nitrogens with one attached hydrogen (secondary N) is 3. The summed E-state index contributed by atoms with van der Waals surface area (Å²) in [5.41, 5.74) is 0. The second kappa shape index (κ2) is 5.65. The van der Waals surface area contributed by atoms with E-state index in [-0.39, 0.29) is 6.04 Å². The van der Waals surface area contributed by atoms with Gasteiger partial charge in [-0.2, -0.15) is 13.1 Å². The van der Waals surface area contributed by atoms with Crippen LogP contribution in [0.2, 0.25) is 0 Å². The maximum atomic E-state index is 11.4. The molecular formula is C8H19N3O2S. The lowest BCUT2D eigenvalue weighted by Crippen LogP contribution is -2.42. The Hall–Kier alpha value is -0.170. The number of rotatable bonds is 4. The van der Waals surface area contributed by atoms with E-state index in [1.54, 1.807) is 6.92 Å². The van der Waals surface area contributed by atoms with Crippen LogP contribution < -0.4 is 14.8 Å². The summed E-state index contributed by atoms with van der Waals surface area (Å²) in [6, 6.07) is 0.0778. The zero-order valence-electron chi connectivity index (χ0n) is 8.54. The van der Waals surface area contributed by atoms with Gasteiger partial charge in [0.05, 0.1) is 0 Å². The van der Waals surface area contributed by atoms with Crippen LogP contribution in [0.15, 0.2) is 0 Å². The Morgan fingerprint density at radius 2 is 2.14 bits per heavy atom. The van der Waals surface area contributed by atoms with Crippen molar-refractivity contribution in [3.05, 3.63) is 0 Å². The molecule has 1 fully saturated rings. The Bertz CT molecular complexity index is 245. The minimum Gasteiger partial charge on any atom is -0.317 e. The Balaban J connectivity index is 2.41. The Kier molecular flexibility index (Phi) is 4.80. The van der Waals surface area contributed by atoms with E-state index in [1.807, 2.05) is 0 Å². The molecule has 6 heteroatoms. The Morgan fingerprint density at radius 3 is 2.86 bits per heavy atom. The normalized spacial score (nSPS) is 24.5. The molecule has 3 N–H and O–H groups in total. The monoisotopic (exact) mass is 221 g/mol. The molecule has 0 aliphatic carbocycles. The van der Waals surface area contributed by atoms with Gasteiger partial charge in [-0.25, -0.2) is 4.72 Å². The van der Waals surface area contributed by atoms with Gasteiger partial charge in [-0.1, -0.05) is 6.92 Å². The molecule has 0 aromatic heterocycles. The van der Waals surface area contributed by atoms with E-state index >= 15 is 0 Å². The van der Waals surface area contributed by atoms with E-state index in [4.69, 9.17) is 0 Å². The van der Waals surface area contributed by atoms with Gasteiger partial charge in [0.25, 0.3) is 10.2 Å². The van der Waals surface area contributed by atoms with Crippen molar-refractivity contribution in [1.82, 2.24) is 14.8 Å². The predicted molar refractivity (Wildman–Crippen MR) is 56.2 cm³/mol. The fourth-order valence-corrected chi connectivity index (χ4v) is 2.73. The van der Waals surface area contributed by atoms with Crippen molar-refractivity contribution < 1.29 is 8.42 Å². The molecule has 0 aromatic carbocycles. The van der Waals surface area contributed by atoms with Crippen molar-refractivity contribution in [3.63, 3.8) is 0 Å². The molecule has 0 aromatic rings. The molecule has 1 unspecified atom stereocenters. The van der Waals surface area contributed by atoms with Crippen molar-refractivity contribution >= 4 is 10.2 Å². The third-order valence-electron chi connectivity index (χ3n) is 2.23. The highest BCUT2D eigenvalue weighted by Gasteiger charge is 2.17. The molecule has 0 bridgehead atoms. The molecule has 1 rings (SSSR count). The lowest BCUT2D eigenvalue weighted by Gasteiger charge is -2.15. The zero-order chi connectivity index (χ0) is 10.4. The topological polar surface area (TPSA) is 70.2 Å². The second-order valence-electron chi connectivity index (χ2n) is 3.50. The Labute approximate surface area is 85.8 Å². The van der Waals surface area contributed by atoms with Crippen LogP contribution in [0.25, 0.3) is 0 Å². The molecule has 0 spiro atoms. The van der Waals surface area contributed by atoms with Gasteiger partial charge in [0.1, 0.15) is 0 Å². The van der Waals surface area contributed by atoms with E-state index in [0.29, 0.717) is 6.54 Å². The van der Waals surface area contributed by atoms with Crippen molar-refractivity contribution in [2.45, 2.75) is 32.2 Å². The molecule has 0 saturated carbocycles. The van der Waals surface area contributed by atoms with Crippen LogP contribution in [-0.2, 0) is 10.2 Å². The summed E-state index contributed by atoms with van der Waals surface area (Å²) in [6.45, 7) is 4.08. The van der Waals surface area contributed by atoms with E-state index in [9.17, 15) is 8.42 Å². The maximum Gasteiger partial charge on any atom is 0.277 e. The van der Waals surface area contributed by atoms with Gasteiger partial charge >= 0.3 is 0 Å². The average molecular weight is 221 g/mol. The summed E-state index contributed by atoms with van der Waals surface area (Å²) in [7, 11) is -3.28. The van der Waals surface area contributed by atoms with Crippen molar-refractivity contribution in [3.8, 4) is 0 Å². The molecule has 1 heterocycles. The molecule has 1 aliphatic rings. The van der Waals surface area contributed by atoms with Crippen LogP contribution in [0.4, 0.5) is 0 Å². The lowest BCUT2D eigenvalue weighted by molar-refractivity contribution is 0.510. The van der Waals surface area contributed by atoms with E-state index in [2.05, 4.69) is 14.8 Å². The quantitative estimate of drug-likeness (QED) is 0.603. The lowest BCUT2D eigenvalue weighted by atomic mass is 10.1. The van der Waals surface area contributed by atoms with Crippen molar-refractivity contribution in [2.75, 3.05) is 19.6 Å². The van der Waals surface area contributed by atoms with E-state index < -0.39 is 10.2 Å². The molecule has 14 heavy (non-hydrogen) atoms. The molecule has 1 atom stereocenters. The highest BCUT2D eigenvalue weighted by Crippen LogP contribution is 2.05. The molecule has 0 radical (unpaired) electrons. The smallest absolute Gasteiger partial charge is 0.277 e. The summed E-state index contributed by atoms with van der Waals surface area (Å²) in [4.78, 5) is 0. The largest absolute Gasteiger partial charge is 0.317 e. The molecule has 1 saturated heterocycles. The first-order chi connectivity index (χ1) is 6.64. The van der Waals surface area contributed by atoms with Gasteiger partial charge < -0.3 is 5.32 Å².